The molecule has 2 aromatic carbocycles. The molecule has 8 atom stereocenters. The quantitative estimate of drug-likeness (QED) is 0.112. The van der Waals surface area contributed by atoms with E-state index >= 15 is 0 Å². The zero-order valence-corrected chi connectivity index (χ0v) is 25.9. The summed E-state index contributed by atoms with van der Waals surface area (Å²) >= 11 is 0. The summed E-state index contributed by atoms with van der Waals surface area (Å²) in [4.78, 5) is 1.56. The molecule has 4 saturated carbocycles. The van der Waals surface area contributed by atoms with E-state index in [0.29, 0.717) is 23.7 Å². The van der Waals surface area contributed by atoms with Crippen LogP contribution in [0.5, 0.6) is 5.75 Å². The highest BCUT2D eigenvalue weighted by Gasteiger charge is 2.74. The van der Waals surface area contributed by atoms with Crippen molar-refractivity contribution in [3.63, 3.8) is 0 Å². The van der Waals surface area contributed by atoms with Crippen molar-refractivity contribution in [2.75, 3.05) is 18.1 Å². The second-order valence-electron chi connectivity index (χ2n) is 13.1. The van der Waals surface area contributed by atoms with Gasteiger partial charge in [-0.3, -0.25) is 0 Å². The van der Waals surface area contributed by atoms with Crippen molar-refractivity contribution in [3.05, 3.63) is 36.4 Å². The van der Waals surface area contributed by atoms with Crippen LogP contribution in [0.2, 0.25) is 0 Å². The van der Waals surface area contributed by atoms with Crippen molar-refractivity contribution in [3.8, 4) is 5.75 Å². The van der Waals surface area contributed by atoms with Crippen molar-refractivity contribution in [1.82, 2.24) is 0 Å². The van der Waals surface area contributed by atoms with Crippen molar-refractivity contribution < 1.29 is 40.4 Å². The van der Waals surface area contributed by atoms with Gasteiger partial charge in [0.05, 0.1) is 12.7 Å². The second kappa shape index (κ2) is 11.7. The largest absolute Gasteiger partial charge is 0.743 e. The number of halogens is 4. The van der Waals surface area contributed by atoms with Gasteiger partial charge >= 0.3 is 11.2 Å². The molecule has 4 aliphatic carbocycles. The lowest BCUT2D eigenvalue weighted by molar-refractivity contribution is -0.210. The Kier molecular flexibility index (Phi) is 8.52. The number of unbranched alkanes of at least 4 members (excludes halogenated alkanes) is 1. The summed E-state index contributed by atoms with van der Waals surface area (Å²) in [5, 5.41) is 7.09. The Bertz CT molecular complexity index is 1430. The summed E-state index contributed by atoms with van der Waals surface area (Å²) in [6, 6.07) is 13.3. The third kappa shape index (κ3) is 5.27. The van der Waals surface area contributed by atoms with Crippen molar-refractivity contribution in [1.29, 1.82) is 0 Å². The Morgan fingerprint density at radius 3 is 2.23 bits per heavy atom. The van der Waals surface area contributed by atoms with Gasteiger partial charge < -0.3 is 14.4 Å². The van der Waals surface area contributed by atoms with E-state index in [-0.39, 0.29) is 36.0 Å². The first kappa shape index (κ1) is 31.4. The normalized spacial score (nSPS) is 33.6. The number of aliphatic hydroxyl groups excluding tert-OH is 1. The highest BCUT2D eigenvalue weighted by Crippen LogP contribution is 2.71. The topological polar surface area (TPSA) is 86.7 Å². The van der Waals surface area contributed by atoms with Crippen LogP contribution in [0.15, 0.2) is 41.3 Å². The van der Waals surface area contributed by atoms with Crippen LogP contribution < -0.4 is 4.74 Å². The van der Waals surface area contributed by atoms with Gasteiger partial charge in [-0.25, -0.2) is 8.42 Å². The van der Waals surface area contributed by atoms with Crippen molar-refractivity contribution in [2.24, 2.45) is 41.4 Å². The molecule has 2 aromatic rings. The SMILES string of the molecule is CCCCOc1ccc([S+]2CCCC2)c2ccccc12.O=S(=O)([O-])C(F)(F)C(F)(F)C1CC2CC1C1C3CC(O)C(C3)C21. The number of rotatable bonds is 8. The van der Waals surface area contributed by atoms with Gasteiger partial charge in [0.2, 0.25) is 0 Å². The molecule has 0 aromatic heterocycles. The Labute approximate surface area is 253 Å². The van der Waals surface area contributed by atoms with Crippen LogP contribution in [0.3, 0.4) is 0 Å². The molecule has 4 bridgehead atoms. The molecule has 7 rings (SSSR count). The minimum absolute atomic E-state index is 0.0473. The lowest BCUT2D eigenvalue weighted by atomic mass is 9.65. The molecular weight excluding hydrogens is 604 g/mol. The van der Waals surface area contributed by atoms with Gasteiger partial charge in [-0.1, -0.05) is 31.5 Å². The molecule has 0 amide bonds. The molecule has 5 aliphatic rings. The van der Waals surface area contributed by atoms with E-state index in [4.69, 9.17) is 4.74 Å². The van der Waals surface area contributed by atoms with E-state index in [9.17, 15) is 35.6 Å². The van der Waals surface area contributed by atoms with E-state index < -0.39 is 39.2 Å². The fourth-order valence-electron chi connectivity index (χ4n) is 9.19. The van der Waals surface area contributed by atoms with Crippen LogP contribution in [0.25, 0.3) is 10.8 Å². The average Bonchev–Trinajstić information content (AvgIpc) is 3.79. The zero-order chi connectivity index (χ0) is 30.7. The van der Waals surface area contributed by atoms with Gasteiger partial charge in [-0.2, -0.15) is 17.6 Å². The maximum absolute atomic E-state index is 14.3. The standard InChI is InChI=1S/C18H23OS.C14H18F4O4S/c1-2-3-12-19-17-10-11-18(20-13-6-7-14-20)16-9-5-4-8-15(16)17;15-13(16,14(17,18)23(20,21)22)9-3-5-1-7(9)11-6-2-8(12(5)11)10(19)4-6/h4-5,8-11H,2-3,6-7,12-14H2,1H3;5-12,19H,1-4H2,(H,20,21,22)/q+1;/p-1. The summed E-state index contributed by atoms with van der Waals surface area (Å²) < 4.78 is 93.6. The van der Waals surface area contributed by atoms with E-state index in [1.54, 1.807) is 4.90 Å². The van der Waals surface area contributed by atoms with Gasteiger partial charge in [-0.15, -0.1) is 0 Å². The van der Waals surface area contributed by atoms with Gasteiger partial charge in [0.1, 0.15) is 17.3 Å². The van der Waals surface area contributed by atoms with Crippen molar-refractivity contribution >= 4 is 31.8 Å². The molecule has 238 valence electrons. The van der Waals surface area contributed by atoms with Crippen LogP contribution in [0.1, 0.15) is 58.3 Å². The van der Waals surface area contributed by atoms with Gasteiger partial charge in [0.25, 0.3) is 0 Å². The third-order valence-electron chi connectivity index (χ3n) is 10.9. The molecule has 5 fully saturated rings. The first-order chi connectivity index (χ1) is 20.4. The number of fused-ring (bicyclic) bond motifs is 10. The minimum Gasteiger partial charge on any atom is -0.743 e. The highest BCUT2D eigenvalue weighted by atomic mass is 32.2. The Morgan fingerprint density at radius 1 is 0.930 bits per heavy atom. The first-order valence-electron chi connectivity index (χ1n) is 15.6. The number of alkyl halides is 4. The minimum atomic E-state index is -6.43. The molecule has 1 N–H and O–H groups in total. The molecule has 5 nitrogen and oxygen atoms in total. The van der Waals surface area contributed by atoms with Crippen LogP contribution in [0, 0.1) is 41.4 Å². The summed E-state index contributed by atoms with van der Waals surface area (Å²) in [5.41, 5.74) is 0. The second-order valence-corrected chi connectivity index (χ2v) is 16.8. The van der Waals surface area contributed by atoms with E-state index in [2.05, 4.69) is 43.3 Å². The lowest BCUT2D eigenvalue weighted by Gasteiger charge is -2.44. The highest BCUT2D eigenvalue weighted by molar-refractivity contribution is 7.97. The summed E-state index contributed by atoms with van der Waals surface area (Å²) in [6.07, 6.45) is 6.06. The number of hydrogen-bond acceptors (Lipinski definition) is 5. The Morgan fingerprint density at radius 2 is 1.56 bits per heavy atom. The molecule has 0 radical (unpaired) electrons. The van der Waals surface area contributed by atoms with Crippen LogP contribution in [-0.2, 0) is 21.0 Å². The van der Waals surface area contributed by atoms with Gasteiger partial charge in [0.15, 0.2) is 15.0 Å². The maximum atomic E-state index is 14.3. The lowest BCUT2D eigenvalue weighted by Crippen LogP contribution is -2.54. The third-order valence-corrected chi connectivity index (χ3v) is 14.3. The molecule has 1 heterocycles. The molecule has 1 aliphatic heterocycles. The number of aliphatic hydroxyl groups is 1. The van der Waals surface area contributed by atoms with Crippen LogP contribution >= 0.6 is 0 Å². The summed E-state index contributed by atoms with van der Waals surface area (Å²) in [5.74, 6) is -3.65. The number of ether oxygens (including phenoxy) is 1. The monoisotopic (exact) mass is 644 g/mol. The molecule has 1 saturated heterocycles. The first-order valence-corrected chi connectivity index (χ1v) is 18.5. The molecule has 0 spiro atoms. The Balaban J connectivity index is 0.000000155. The van der Waals surface area contributed by atoms with E-state index in [1.807, 2.05) is 0 Å². The predicted molar refractivity (Wildman–Crippen MR) is 157 cm³/mol. The number of hydrogen-bond donors (Lipinski definition) is 1. The molecule has 43 heavy (non-hydrogen) atoms. The number of benzene rings is 2. The van der Waals surface area contributed by atoms with Crippen LogP contribution in [0.4, 0.5) is 17.6 Å². The molecule has 8 unspecified atom stereocenters. The fourth-order valence-corrected chi connectivity index (χ4v) is 12.2. The van der Waals surface area contributed by atoms with Crippen molar-refractivity contribution in [2.45, 2.75) is 80.5 Å². The van der Waals surface area contributed by atoms with Crippen LogP contribution in [-0.4, -0.2) is 53.5 Å². The average molecular weight is 645 g/mol. The van der Waals surface area contributed by atoms with E-state index in [1.165, 1.54) is 41.5 Å². The predicted octanol–water partition coefficient (Wildman–Crippen LogP) is 6.84. The zero-order valence-electron chi connectivity index (χ0n) is 24.3. The Hall–Kier alpha value is -1.56. The smallest absolute Gasteiger partial charge is 0.396 e. The van der Waals surface area contributed by atoms with E-state index in [0.717, 1.165) is 25.2 Å². The molecular formula is C32H40F4O5S2. The van der Waals surface area contributed by atoms with Gasteiger partial charge in [0, 0.05) is 27.6 Å². The summed E-state index contributed by atoms with van der Waals surface area (Å²) in [7, 11) is -5.97. The molecule has 11 heteroatoms. The fraction of sp³-hybridized carbons (Fsp3) is 0.688. The maximum Gasteiger partial charge on any atom is 0.396 e. The van der Waals surface area contributed by atoms with Gasteiger partial charge in [-0.05, 0) is 98.7 Å². The summed E-state index contributed by atoms with van der Waals surface area (Å²) in [6.45, 7) is 3.03.